The molecule has 0 spiro atoms. The Kier molecular flexibility index (Phi) is 3.65. The van der Waals surface area contributed by atoms with Gasteiger partial charge in [0, 0.05) is 0 Å². The van der Waals surface area contributed by atoms with Gasteiger partial charge in [-0.3, -0.25) is 0 Å². The van der Waals surface area contributed by atoms with Crippen molar-refractivity contribution in [3.05, 3.63) is 23.0 Å². The Morgan fingerprint density at radius 1 is 1.58 bits per heavy atom. The molecule has 0 fully saturated rings. The van der Waals surface area contributed by atoms with Gasteiger partial charge >= 0.3 is 89.1 Å². The van der Waals surface area contributed by atoms with E-state index in [4.69, 9.17) is 16.3 Å². The zero-order chi connectivity index (χ0) is 9.14. The zero-order valence-corrected chi connectivity index (χ0v) is 10.1. The van der Waals surface area contributed by atoms with Crippen molar-refractivity contribution in [3.63, 3.8) is 0 Å². The van der Waals surface area contributed by atoms with Crippen LogP contribution < -0.4 is 8.32 Å². The van der Waals surface area contributed by atoms with Crippen molar-refractivity contribution in [2.75, 3.05) is 6.61 Å². The summed E-state index contributed by atoms with van der Waals surface area (Å²) >= 11 is 6.75. The first kappa shape index (κ1) is 10.1. The molecule has 4 heteroatoms. The molecule has 0 amide bonds. The van der Waals surface area contributed by atoms with E-state index in [1.807, 2.05) is 0 Å². The van der Waals surface area contributed by atoms with Crippen LogP contribution in [-0.4, -0.2) is 29.1 Å². The summed E-state index contributed by atoms with van der Waals surface area (Å²) in [7, 11) is 0. The summed E-state index contributed by atoms with van der Waals surface area (Å²) in [5, 5.41) is 0.334. The van der Waals surface area contributed by atoms with Crippen molar-refractivity contribution in [2.45, 2.75) is 6.92 Å². The second kappa shape index (κ2) is 4.32. The first-order valence-corrected chi connectivity index (χ1v) is 5.29. The van der Waals surface area contributed by atoms with Crippen LogP contribution in [0, 0.1) is 5.82 Å². The molecule has 0 aliphatic carbocycles. The van der Waals surface area contributed by atoms with E-state index in [0.717, 1.165) is 22.5 Å². The molecule has 0 aliphatic rings. The molecular formula is C8H7ClFOSn. The van der Waals surface area contributed by atoms with Gasteiger partial charge in [0.1, 0.15) is 0 Å². The van der Waals surface area contributed by atoms with E-state index >= 15 is 0 Å². The Labute approximate surface area is 89.0 Å². The summed E-state index contributed by atoms with van der Waals surface area (Å²) in [5.41, 5.74) is 0. The van der Waals surface area contributed by atoms with Gasteiger partial charge in [0.25, 0.3) is 0 Å². The van der Waals surface area contributed by atoms with Crippen molar-refractivity contribution in [3.8, 4) is 5.75 Å². The van der Waals surface area contributed by atoms with Crippen molar-refractivity contribution in [2.24, 2.45) is 0 Å². The second-order valence-electron chi connectivity index (χ2n) is 2.17. The van der Waals surface area contributed by atoms with E-state index in [1.54, 1.807) is 19.1 Å². The normalized spacial score (nSPS) is 10.0. The van der Waals surface area contributed by atoms with Gasteiger partial charge in [-0.2, -0.15) is 0 Å². The molecule has 0 bridgehead atoms. The molecule has 0 saturated heterocycles. The van der Waals surface area contributed by atoms with E-state index < -0.39 is 0 Å². The molecule has 0 unspecified atom stereocenters. The van der Waals surface area contributed by atoms with E-state index in [0.29, 0.717) is 15.2 Å². The fourth-order valence-corrected chi connectivity index (χ4v) is 1.57. The van der Waals surface area contributed by atoms with Crippen LogP contribution in [0.4, 0.5) is 4.39 Å². The van der Waals surface area contributed by atoms with E-state index in [-0.39, 0.29) is 11.6 Å². The first-order valence-electron chi connectivity index (χ1n) is 3.49. The van der Waals surface area contributed by atoms with Crippen molar-refractivity contribution >= 4 is 37.7 Å². The zero-order valence-electron chi connectivity index (χ0n) is 6.53. The summed E-state index contributed by atoms with van der Waals surface area (Å²) < 4.78 is 19.0. The van der Waals surface area contributed by atoms with Gasteiger partial charge in [-0.1, -0.05) is 0 Å². The Morgan fingerprint density at radius 3 is 2.83 bits per heavy atom. The van der Waals surface area contributed by atoms with Gasteiger partial charge in [-0.05, 0) is 0 Å². The van der Waals surface area contributed by atoms with Crippen molar-refractivity contribution in [1.82, 2.24) is 0 Å². The van der Waals surface area contributed by atoms with Crippen LogP contribution >= 0.6 is 11.6 Å². The Balaban J connectivity index is 3.14. The number of rotatable bonds is 2. The van der Waals surface area contributed by atoms with Crippen LogP contribution in [0.25, 0.3) is 0 Å². The van der Waals surface area contributed by atoms with Crippen LogP contribution in [0.1, 0.15) is 6.92 Å². The molecule has 0 heterocycles. The molecule has 0 aromatic heterocycles. The topological polar surface area (TPSA) is 9.23 Å². The van der Waals surface area contributed by atoms with Gasteiger partial charge in [-0.25, -0.2) is 0 Å². The molecule has 3 radical (unpaired) electrons. The molecule has 0 N–H and O–H groups in total. The van der Waals surface area contributed by atoms with Crippen molar-refractivity contribution in [1.29, 1.82) is 0 Å². The van der Waals surface area contributed by atoms with Crippen molar-refractivity contribution < 1.29 is 9.13 Å². The maximum absolute atomic E-state index is 13.3. The van der Waals surface area contributed by atoms with Crippen LogP contribution in [0.15, 0.2) is 12.1 Å². The van der Waals surface area contributed by atoms with Crippen LogP contribution in [0.3, 0.4) is 0 Å². The Hall–Kier alpha value is 0.0387. The fraction of sp³-hybridized carbons (Fsp3) is 0.250. The molecule has 1 aromatic carbocycles. The summed E-state index contributed by atoms with van der Waals surface area (Å²) in [4.78, 5) is 0. The minimum atomic E-state index is -0.331. The average Bonchev–Trinajstić information content (AvgIpc) is 2.06. The molecule has 63 valence electrons. The third-order valence-corrected chi connectivity index (χ3v) is 2.74. The Morgan fingerprint density at radius 2 is 2.25 bits per heavy atom. The summed E-state index contributed by atoms with van der Waals surface area (Å²) in [6.45, 7) is 2.22. The fourth-order valence-electron chi connectivity index (χ4n) is 0.809. The standard InChI is InChI=1S/C8H7ClFO.Sn/c1-2-11-8-6(9)4-3-5-7(8)10;/h3-4H,2H2,1H3;. The molecular weight excluding hydrogens is 285 g/mol. The Bertz CT molecular complexity index is 291. The third kappa shape index (κ3) is 2.04. The van der Waals surface area contributed by atoms with E-state index in [9.17, 15) is 4.39 Å². The second-order valence-corrected chi connectivity index (χ2v) is 4.12. The van der Waals surface area contributed by atoms with Gasteiger partial charge in [-0.15, -0.1) is 0 Å². The number of hydrogen-bond acceptors (Lipinski definition) is 1. The molecule has 0 atom stereocenters. The van der Waals surface area contributed by atoms with Gasteiger partial charge in [0.15, 0.2) is 0 Å². The molecule has 0 aliphatic heterocycles. The minimum absolute atomic E-state index is 0.175. The molecule has 1 rings (SSSR count). The first-order chi connectivity index (χ1) is 5.66. The molecule has 0 saturated carbocycles. The number of hydrogen-bond donors (Lipinski definition) is 0. The third-order valence-electron chi connectivity index (χ3n) is 1.34. The van der Waals surface area contributed by atoms with Crippen LogP contribution in [0.5, 0.6) is 5.75 Å². The predicted molar refractivity (Wildman–Crippen MR) is 48.0 cm³/mol. The monoisotopic (exact) mass is 293 g/mol. The summed E-state index contributed by atoms with van der Waals surface area (Å²) in [6, 6.07) is 3.32. The SMILES string of the molecule is CCOc1c(Cl)cc[c]([Sn])c1F. The summed E-state index contributed by atoms with van der Waals surface area (Å²) in [6.07, 6.45) is 0. The van der Waals surface area contributed by atoms with E-state index in [1.165, 1.54) is 0 Å². The average molecular weight is 292 g/mol. The van der Waals surface area contributed by atoms with Gasteiger partial charge in [0.05, 0.1) is 0 Å². The predicted octanol–water partition coefficient (Wildman–Crippen LogP) is 1.67. The molecule has 1 nitrogen and oxygen atoms in total. The van der Waals surface area contributed by atoms with Gasteiger partial charge in [0.2, 0.25) is 0 Å². The number of ether oxygens (including phenoxy) is 1. The number of halogens is 2. The van der Waals surface area contributed by atoms with Crippen LogP contribution in [0.2, 0.25) is 5.02 Å². The van der Waals surface area contributed by atoms with E-state index in [2.05, 4.69) is 0 Å². The van der Waals surface area contributed by atoms with Crippen LogP contribution in [-0.2, 0) is 0 Å². The quantitative estimate of drug-likeness (QED) is 0.754. The molecule has 1 aromatic rings. The summed E-state index contributed by atoms with van der Waals surface area (Å²) in [5.74, 6) is -0.156. The molecule has 12 heavy (non-hydrogen) atoms. The number of benzene rings is 1. The van der Waals surface area contributed by atoms with Gasteiger partial charge < -0.3 is 0 Å². The maximum atomic E-state index is 13.3.